The summed E-state index contributed by atoms with van der Waals surface area (Å²) in [6.07, 6.45) is 0.807. The van der Waals surface area contributed by atoms with E-state index in [0.29, 0.717) is 12.5 Å². The smallest absolute Gasteiger partial charge is 0.352 e. The van der Waals surface area contributed by atoms with Crippen LogP contribution < -0.4 is 14.8 Å². The maximum atomic E-state index is 11.4. The number of benzene rings is 1. The van der Waals surface area contributed by atoms with E-state index in [4.69, 9.17) is 9.47 Å². The fourth-order valence-corrected chi connectivity index (χ4v) is 2.41. The first-order valence-electron chi connectivity index (χ1n) is 7.30. The SMILES string of the molecule is CC(C)Oc1cccc(OC2CNCCC2C)c1[N+](=O)[O-]. The summed E-state index contributed by atoms with van der Waals surface area (Å²) in [6.45, 7) is 7.44. The van der Waals surface area contributed by atoms with Crippen molar-refractivity contribution in [3.63, 3.8) is 0 Å². The van der Waals surface area contributed by atoms with Crippen molar-refractivity contribution in [1.29, 1.82) is 0 Å². The zero-order chi connectivity index (χ0) is 15.4. The molecule has 0 amide bonds. The van der Waals surface area contributed by atoms with E-state index >= 15 is 0 Å². The van der Waals surface area contributed by atoms with E-state index in [9.17, 15) is 10.1 Å². The van der Waals surface area contributed by atoms with Crippen molar-refractivity contribution in [3.8, 4) is 11.5 Å². The summed E-state index contributed by atoms with van der Waals surface area (Å²) in [4.78, 5) is 10.9. The molecule has 2 unspecified atom stereocenters. The average molecular weight is 294 g/mol. The second-order valence-electron chi connectivity index (χ2n) is 5.65. The van der Waals surface area contributed by atoms with Crippen LogP contribution in [-0.2, 0) is 0 Å². The highest BCUT2D eigenvalue weighted by Crippen LogP contribution is 2.38. The van der Waals surface area contributed by atoms with Crippen LogP contribution in [0.3, 0.4) is 0 Å². The number of nitro groups is 1. The molecule has 1 aliphatic rings. The molecule has 0 radical (unpaired) electrons. The molecule has 0 aromatic heterocycles. The van der Waals surface area contributed by atoms with E-state index in [2.05, 4.69) is 12.2 Å². The fourth-order valence-electron chi connectivity index (χ4n) is 2.41. The Bertz CT molecular complexity index is 504. The van der Waals surface area contributed by atoms with Crippen LogP contribution in [0.1, 0.15) is 27.2 Å². The molecule has 2 rings (SSSR count). The Labute approximate surface area is 124 Å². The van der Waals surface area contributed by atoms with Gasteiger partial charge in [0.25, 0.3) is 0 Å². The largest absolute Gasteiger partial charge is 0.484 e. The lowest BCUT2D eigenvalue weighted by Gasteiger charge is -2.29. The van der Waals surface area contributed by atoms with Crippen LogP contribution >= 0.6 is 0 Å². The van der Waals surface area contributed by atoms with Crippen molar-refractivity contribution in [1.82, 2.24) is 5.32 Å². The highest BCUT2D eigenvalue weighted by atomic mass is 16.6. The van der Waals surface area contributed by atoms with Crippen molar-refractivity contribution in [2.24, 2.45) is 5.92 Å². The summed E-state index contributed by atoms with van der Waals surface area (Å²) in [5.41, 5.74) is -0.0935. The summed E-state index contributed by atoms with van der Waals surface area (Å²) in [6, 6.07) is 4.96. The molecular formula is C15H22N2O4. The van der Waals surface area contributed by atoms with Gasteiger partial charge in [-0.05, 0) is 44.9 Å². The monoisotopic (exact) mass is 294 g/mol. The van der Waals surface area contributed by atoms with Crippen molar-refractivity contribution in [2.75, 3.05) is 13.1 Å². The zero-order valence-corrected chi connectivity index (χ0v) is 12.7. The van der Waals surface area contributed by atoms with Gasteiger partial charge >= 0.3 is 5.69 Å². The molecule has 1 N–H and O–H groups in total. The van der Waals surface area contributed by atoms with Crippen LogP contribution in [0.15, 0.2) is 18.2 Å². The Balaban J connectivity index is 2.27. The predicted molar refractivity (Wildman–Crippen MR) is 79.9 cm³/mol. The van der Waals surface area contributed by atoms with E-state index in [1.54, 1.807) is 18.2 Å². The van der Waals surface area contributed by atoms with Gasteiger partial charge in [0.15, 0.2) is 0 Å². The van der Waals surface area contributed by atoms with E-state index in [1.165, 1.54) is 0 Å². The minimum atomic E-state index is -0.437. The van der Waals surface area contributed by atoms with Crippen molar-refractivity contribution in [3.05, 3.63) is 28.3 Å². The molecule has 0 saturated carbocycles. The minimum Gasteiger partial charge on any atom is -0.484 e. The molecule has 1 saturated heterocycles. The summed E-state index contributed by atoms with van der Waals surface area (Å²) >= 11 is 0. The third-order valence-corrected chi connectivity index (χ3v) is 3.54. The van der Waals surface area contributed by atoms with Crippen LogP contribution in [0.2, 0.25) is 0 Å². The lowest BCUT2D eigenvalue weighted by atomic mass is 9.97. The molecule has 1 heterocycles. The van der Waals surface area contributed by atoms with Crippen LogP contribution in [0.5, 0.6) is 11.5 Å². The number of hydrogen-bond acceptors (Lipinski definition) is 5. The van der Waals surface area contributed by atoms with E-state index in [0.717, 1.165) is 13.0 Å². The van der Waals surface area contributed by atoms with Crippen LogP contribution in [-0.4, -0.2) is 30.2 Å². The Hall–Kier alpha value is -1.82. The van der Waals surface area contributed by atoms with Gasteiger partial charge < -0.3 is 14.8 Å². The molecule has 1 aromatic rings. The number of nitrogens with one attached hydrogen (secondary N) is 1. The molecule has 6 heteroatoms. The first-order valence-corrected chi connectivity index (χ1v) is 7.30. The van der Waals surface area contributed by atoms with Crippen LogP contribution in [0.25, 0.3) is 0 Å². The first kappa shape index (κ1) is 15.6. The molecule has 1 fully saturated rings. The maximum Gasteiger partial charge on any atom is 0.352 e. The maximum absolute atomic E-state index is 11.4. The Morgan fingerprint density at radius 3 is 2.71 bits per heavy atom. The van der Waals surface area contributed by atoms with Gasteiger partial charge in [0.2, 0.25) is 11.5 Å². The van der Waals surface area contributed by atoms with E-state index in [1.807, 2.05) is 13.8 Å². The Kier molecular flexibility index (Phi) is 5.01. The molecule has 0 aliphatic carbocycles. The van der Waals surface area contributed by atoms with E-state index < -0.39 is 4.92 Å². The van der Waals surface area contributed by atoms with Crippen LogP contribution in [0, 0.1) is 16.0 Å². The lowest BCUT2D eigenvalue weighted by molar-refractivity contribution is -0.387. The van der Waals surface area contributed by atoms with E-state index in [-0.39, 0.29) is 29.4 Å². The summed E-state index contributed by atoms with van der Waals surface area (Å²) in [5, 5.41) is 14.6. The molecule has 21 heavy (non-hydrogen) atoms. The van der Waals surface area contributed by atoms with Gasteiger partial charge in [-0.2, -0.15) is 0 Å². The highest BCUT2D eigenvalue weighted by Gasteiger charge is 2.28. The highest BCUT2D eigenvalue weighted by molar-refractivity contribution is 5.57. The Morgan fingerprint density at radius 2 is 2.10 bits per heavy atom. The summed E-state index contributed by atoms with van der Waals surface area (Å²) in [7, 11) is 0. The number of nitrogens with zero attached hydrogens (tertiary/aromatic N) is 1. The molecule has 0 bridgehead atoms. The van der Waals surface area contributed by atoms with Crippen LogP contribution in [0.4, 0.5) is 5.69 Å². The van der Waals surface area contributed by atoms with Gasteiger partial charge in [0.05, 0.1) is 11.0 Å². The molecule has 116 valence electrons. The third kappa shape index (κ3) is 3.85. The third-order valence-electron chi connectivity index (χ3n) is 3.54. The lowest BCUT2D eigenvalue weighted by Crippen LogP contribution is -2.42. The molecule has 1 aromatic carbocycles. The van der Waals surface area contributed by atoms with Crippen molar-refractivity contribution >= 4 is 5.69 Å². The topological polar surface area (TPSA) is 73.6 Å². The van der Waals surface area contributed by atoms with Gasteiger partial charge in [0.1, 0.15) is 6.10 Å². The fraction of sp³-hybridized carbons (Fsp3) is 0.600. The first-order chi connectivity index (χ1) is 9.99. The molecule has 2 atom stereocenters. The zero-order valence-electron chi connectivity index (χ0n) is 12.7. The second kappa shape index (κ2) is 6.76. The summed E-state index contributed by atoms with van der Waals surface area (Å²) in [5.74, 6) is 0.892. The normalized spacial score (nSPS) is 22.1. The quantitative estimate of drug-likeness (QED) is 0.667. The number of rotatable bonds is 5. The van der Waals surface area contributed by atoms with Gasteiger partial charge in [-0.3, -0.25) is 10.1 Å². The number of ether oxygens (including phenoxy) is 2. The van der Waals surface area contributed by atoms with Gasteiger partial charge in [-0.1, -0.05) is 13.0 Å². The number of piperidine rings is 1. The molecule has 1 aliphatic heterocycles. The van der Waals surface area contributed by atoms with Crippen molar-refractivity contribution in [2.45, 2.75) is 39.4 Å². The second-order valence-corrected chi connectivity index (χ2v) is 5.65. The molecular weight excluding hydrogens is 272 g/mol. The van der Waals surface area contributed by atoms with Gasteiger partial charge in [-0.15, -0.1) is 0 Å². The van der Waals surface area contributed by atoms with Crippen molar-refractivity contribution < 1.29 is 14.4 Å². The molecule has 6 nitrogen and oxygen atoms in total. The number of para-hydroxylation sites is 1. The Morgan fingerprint density at radius 1 is 1.38 bits per heavy atom. The predicted octanol–water partition coefficient (Wildman–Crippen LogP) is 2.76. The molecule has 0 spiro atoms. The summed E-state index contributed by atoms with van der Waals surface area (Å²) < 4.78 is 11.4. The average Bonchev–Trinajstić information content (AvgIpc) is 2.40. The minimum absolute atomic E-state index is 0.0632. The van der Waals surface area contributed by atoms with Gasteiger partial charge in [-0.25, -0.2) is 0 Å². The number of hydrogen-bond donors (Lipinski definition) is 1. The number of nitro benzene ring substituents is 1. The standard InChI is InChI=1S/C15H22N2O4/c1-10(2)20-12-5-4-6-13(15(12)17(18)19)21-14-9-16-8-7-11(14)3/h4-6,10-11,14,16H,7-9H2,1-3H3. The van der Waals surface area contributed by atoms with Gasteiger partial charge in [0, 0.05) is 6.54 Å².